The van der Waals surface area contributed by atoms with Crippen molar-refractivity contribution in [3.8, 4) is 5.88 Å². The highest BCUT2D eigenvalue weighted by Gasteiger charge is 1.99. The molecule has 0 spiro atoms. The molecule has 0 saturated carbocycles. The highest BCUT2D eigenvalue weighted by atomic mass is 16.5. The van der Waals surface area contributed by atoms with Gasteiger partial charge in [0.05, 0.1) is 12.9 Å². The van der Waals surface area contributed by atoms with Crippen LogP contribution in [0.3, 0.4) is 0 Å². The molecule has 0 amide bonds. The zero-order valence-corrected chi connectivity index (χ0v) is 11.8. The first-order chi connectivity index (χ1) is 9.88. The fraction of sp³-hybridized carbons (Fsp3) is 0.500. The number of aryl methyl sites for hydroxylation is 1. The molecular weight excluding hydrogens is 254 g/mol. The van der Waals surface area contributed by atoms with E-state index in [9.17, 15) is 0 Å². The maximum absolute atomic E-state index is 5.47. The summed E-state index contributed by atoms with van der Waals surface area (Å²) in [6, 6.07) is 1.78. The summed E-state index contributed by atoms with van der Waals surface area (Å²) in [5.74, 6) is 1.25. The molecular formula is C14H21N5O. The Labute approximate surface area is 119 Å². The average molecular weight is 275 g/mol. The Kier molecular flexibility index (Phi) is 5.82. The lowest BCUT2D eigenvalue weighted by molar-refractivity contribution is 0.305. The molecule has 1 N–H and O–H groups in total. The van der Waals surface area contributed by atoms with E-state index in [1.54, 1.807) is 18.5 Å². The van der Waals surface area contributed by atoms with Gasteiger partial charge in [-0.25, -0.2) is 9.97 Å². The maximum Gasteiger partial charge on any atom is 0.225 e. The van der Waals surface area contributed by atoms with Crippen LogP contribution < -0.4 is 10.1 Å². The molecule has 2 aromatic rings. The number of aromatic nitrogens is 4. The van der Waals surface area contributed by atoms with Crippen molar-refractivity contribution in [2.24, 2.45) is 0 Å². The Morgan fingerprint density at radius 1 is 1.30 bits per heavy atom. The zero-order valence-electron chi connectivity index (χ0n) is 11.8. The molecule has 108 valence electrons. The van der Waals surface area contributed by atoms with Crippen molar-refractivity contribution in [1.82, 2.24) is 19.5 Å². The Morgan fingerprint density at radius 2 is 2.25 bits per heavy atom. The van der Waals surface area contributed by atoms with Gasteiger partial charge in [-0.15, -0.1) is 0 Å². The van der Waals surface area contributed by atoms with Gasteiger partial charge in [-0.3, -0.25) is 0 Å². The molecule has 0 aliphatic heterocycles. The highest BCUT2D eigenvalue weighted by Crippen LogP contribution is 2.08. The molecule has 0 atom stereocenters. The van der Waals surface area contributed by atoms with E-state index >= 15 is 0 Å². The van der Waals surface area contributed by atoms with Crippen LogP contribution in [0.4, 0.5) is 5.95 Å². The van der Waals surface area contributed by atoms with Crippen LogP contribution in [0.5, 0.6) is 5.88 Å². The van der Waals surface area contributed by atoms with E-state index in [2.05, 4.69) is 31.8 Å². The first-order valence-corrected chi connectivity index (χ1v) is 7.04. The topological polar surface area (TPSA) is 64.9 Å². The molecule has 0 saturated heterocycles. The molecule has 0 bridgehead atoms. The van der Waals surface area contributed by atoms with Crippen LogP contribution in [0.1, 0.15) is 26.2 Å². The molecule has 20 heavy (non-hydrogen) atoms. The second-order valence-corrected chi connectivity index (χ2v) is 4.50. The summed E-state index contributed by atoms with van der Waals surface area (Å²) in [7, 11) is 0. The minimum absolute atomic E-state index is 0.626. The van der Waals surface area contributed by atoms with Crippen LogP contribution >= 0.6 is 0 Å². The summed E-state index contributed by atoms with van der Waals surface area (Å²) in [5, 5.41) is 3.21. The number of nitrogens with zero attached hydrogens (tertiary/aromatic N) is 4. The number of imidazole rings is 1. The lowest BCUT2D eigenvalue weighted by Crippen LogP contribution is -2.07. The third-order valence-corrected chi connectivity index (χ3v) is 2.77. The summed E-state index contributed by atoms with van der Waals surface area (Å²) in [6.07, 6.45) is 10.5. The predicted octanol–water partition coefficient (Wildman–Crippen LogP) is 2.35. The molecule has 6 heteroatoms. The maximum atomic E-state index is 5.47. The first kappa shape index (κ1) is 14.3. The van der Waals surface area contributed by atoms with Gasteiger partial charge < -0.3 is 14.6 Å². The normalized spacial score (nSPS) is 10.4. The van der Waals surface area contributed by atoms with E-state index in [4.69, 9.17) is 4.74 Å². The SMILES string of the molecule is CCCOc1ccnc(NCCCCn2ccnc2)n1. The van der Waals surface area contributed by atoms with E-state index < -0.39 is 0 Å². The quantitative estimate of drug-likeness (QED) is 0.712. The van der Waals surface area contributed by atoms with Crippen molar-refractivity contribution >= 4 is 5.95 Å². The van der Waals surface area contributed by atoms with Crippen molar-refractivity contribution in [1.29, 1.82) is 0 Å². The number of unbranched alkanes of at least 4 members (excludes halogenated alkanes) is 1. The number of anilines is 1. The molecule has 2 heterocycles. The van der Waals surface area contributed by atoms with Gasteiger partial charge in [-0.05, 0) is 19.3 Å². The number of ether oxygens (including phenoxy) is 1. The van der Waals surface area contributed by atoms with Gasteiger partial charge in [0.15, 0.2) is 0 Å². The monoisotopic (exact) mass is 275 g/mol. The molecule has 0 fully saturated rings. The molecule has 0 aliphatic carbocycles. The van der Waals surface area contributed by atoms with E-state index in [1.807, 2.05) is 12.5 Å². The van der Waals surface area contributed by atoms with Gasteiger partial charge in [-0.1, -0.05) is 6.92 Å². The lowest BCUT2D eigenvalue weighted by Gasteiger charge is -2.07. The van der Waals surface area contributed by atoms with Gasteiger partial charge in [0.2, 0.25) is 11.8 Å². The molecule has 2 rings (SSSR count). The van der Waals surface area contributed by atoms with Crippen LogP contribution in [-0.4, -0.2) is 32.7 Å². The fourth-order valence-electron chi connectivity index (χ4n) is 1.75. The summed E-state index contributed by atoms with van der Waals surface area (Å²) in [6.45, 7) is 4.59. The third-order valence-electron chi connectivity index (χ3n) is 2.77. The Balaban J connectivity index is 1.65. The first-order valence-electron chi connectivity index (χ1n) is 7.04. The van der Waals surface area contributed by atoms with Crippen molar-refractivity contribution in [3.63, 3.8) is 0 Å². The van der Waals surface area contributed by atoms with E-state index in [0.717, 1.165) is 32.4 Å². The van der Waals surface area contributed by atoms with Crippen LogP contribution in [0, 0.1) is 0 Å². The van der Waals surface area contributed by atoms with Crippen molar-refractivity contribution in [3.05, 3.63) is 31.0 Å². The van der Waals surface area contributed by atoms with Gasteiger partial charge in [-0.2, -0.15) is 4.98 Å². The van der Waals surface area contributed by atoms with Crippen LogP contribution in [0.2, 0.25) is 0 Å². The van der Waals surface area contributed by atoms with Gasteiger partial charge in [0.1, 0.15) is 0 Å². The van der Waals surface area contributed by atoms with Crippen molar-refractivity contribution in [2.75, 3.05) is 18.5 Å². The Hall–Kier alpha value is -2.11. The number of rotatable bonds is 9. The second-order valence-electron chi connectivity index (χ2n) is 4.50. The van der Waals surface area contributed by atoms with Gasteiger partial charge in [0.25, 0.3) is 0 Å². The van der Waals surface area contributed by atoms with Crippen molar-refractivity contribution < 1.29 is 4.74 Å². The third kappa shape index (κ3) is 4.87. The van der Waals surface area contributed by atoms with Crippen molar-refractivity contribution in [2.45, 2.75) is 32.7 Å². The van der Waals surface area contributed by atoms with Gasteiger partial charge in [0, 0.05) is 37.7 Å². The van der Waals surface area contributed by atoms with Gasteiger partial charge >= 0.3 is 0 Å². The lowest BCUT2D eigenvalue weighted by atomic mass is 10.3. The largest absolute Gasteiger partial charge is 0.478 e. The Morgan fingerprint density at radius 3 is 3.05 bits per heavy atom. The number of hydrogen-bond donors (Lipinski definition) is 1. The van der Waals surface area contributed by atoms with Crippen LogP contribution in [0.25, 0.3) is 0 Å². The molecule has 0 aromatic carbocycles. The summed E-state index contributed by atoms with van der Waals surface area (Å²) in [5.41, 5.74) is 0. The molecule has 0 aliphatic rings. The highest BCUT2D eigenvalue weighted by molar-refractivity contribution is 5.27. The smallest absolute Gasteiger partial charge is 0.225 e. The number of hydrogen-bond acceptors (Lipinski definition) is 5. The van der Waals surface area contributed by atoms with Crippen LogP contribution in [-0.2, 0) is 6.54 Å². The molecule has 6 nitrogen and oxygen atoms in total. The summed E-state index contributed by atoms with van der Waals surface area (Å²) in [4.78, 5) is 12.5. The fourth-order valence-corrected chi connectivity index (χ4v) is 1.75. The summed E-state index contributed by atoms with van der Waals surface area (Å²) < 4.78 is 7.55. The van der Waals surface area contributed by atoms with Crippen LogP contribution in [0.15, 0.2) is 31.0 Å². The Bertz CT molecular complexity index is 486. The zero-order chi connectivity index (χ0) is 14.0. The minimum Gasteiger partial charge on any atom is -0.478 e. The van der Waals surface area contributed by atoms with E-state index in [1.165, 1.54) is 0 Å². The average Bonchev–Trinajstić information content (AvgIpc) is 2.98. The standard InChI is InChI=1S/C14H21N5O/c1-2-11-20-13-5-7-17-14(18-13)16-6-3-4-9-19-10-8-15-12-19/h5,7-8,10,12H,2-4,6,9,11H2,1H3,(H,16,17,18). The molecule has 2 aromatic heterocycles. The number of nitrogens with one attached hydrogen (secondary N) is 1. The minimum atomic E-state index is 0.626. The second kappa shape index (κ2) is 8.14. The molecule has 0 unspecified atom stereocenters. The van der Waals surface area contributed by atoms with E-state index in [0.29, 0.717) is 18.4 Å². The predicted molar refractivity (Wildman–Crippen MR) is 77.8 cm³/mol. The summed E-state index contributed by atoms with van der Waals surface area (Å²) >= 11 is 0. The van der Waals surface area contributed by atoms with E-state index in [-0.39, 0.29) is 0 Å². The molecule has 0 radical (unpaired) electrons.